The van der Waals surface area contributed by atoms with E-state index in [4.69, 9.17) is 5.73 Å². The van der Waals surface area contributed by atoms with Crippen LogP contribution in [0, 0.1) is 0 Å². The fraction of sp³-hybridized carbons (Fsp3) is 0.0588. The van der Waals surface area contributed by atoms with Crippen LogP contribution in [0.2, 0.25) is 0 Å². The molecule has 1 aromatic heterocycles. The van der Waals surface area contributed by atoms with Crippen LogP contribution >= 0.6 is 0 Å². The van der Waals surface area contributed by atoms with Gasteiger partial charge in [0, 0.05) is 16.8 Å². The van der Waals surface area contributed by atoms with Gasteiger partial charge in [0.1, 0.15) is 11.4 Å². The summed E-state index contributed by atoms with van der Waals surface area (Å²) < 4.78 is 0. The van der Waals surface area contributed by atoms with Crippen molar-refractivity contribution in [2.24, 2.45) is 0 Å². The van der Waals surface area contributed by atoms with Gasteiger partial charge in [-0.05, 0) is 11.6 Å². The molecule has 0 saturated heterocycles. The molecule has 3 N–H and O–H groups in total. The van der Waals surface area contributed by atoms with Crippen molar-refractivity contribution in [2.45, 2.75) is 6.42 Å². The highest BCUT2D eigenvalue weighted by Crippen LogP contribution is 2.33. The summed E-state index contributed by atoms with van der Waals surface area (Å²) >= 11 is 0. The van der Waals surface area contributed by atoms with Crippen LogP contribution in [0.5, 0.6) is 0 Å². The molecule has 0 radical (unpaired) electrons. The van der Waals surface area contributed by atoms with Crippen molar-refractivity contribution in [3.8, 4) is 22.5 Å². The van der Waals surface area contributed by atoms with Crippen LogP contribution in [-0.2, 0) is 11.2 Å². The Morgan fingerprint density at radius 2 is 1.78 bits per heavy atom. The van der Waals surface area contributed by atoms with Gasteiger partial charge in [-0.15, -0.1) is 10.2 Å². The first-order valence-electron chi connectivity index (χ1n) is 7.19. The molecule has 0 fully saturated rings. The molecule has 0 bridgehead atoms. The van der Waals surface area contributed by atoms with E-state index in [1.807, 2.05) is 48.5 Å². The SMILES string of the molecule is Nc1nnc(-c2ccc3c(c2)NC(=O)C3)c(-c2ccccc2)n1. The van der Waals surface area contributed by atoms with E-state index in [0.29, 0.717) is 17.8 Å². The first-order valence-corrected chi connectivity index (χ1v) is 7.19. The van der Waals surface area contributed by atoms with Crippen molar-refractivity contribution >= 4 is 17.5 Å². The maximum absolute atomic E-state index is 11.5. The molecule has 3 aromatic rings. The number of nitrogens with zero attached hydrogens (tertiary/aromatic N) is 3. The largest absolute Gasteiger partial charge is 0.366 e. The second-order valence-corrected chi connectivity index (χ2v) is 5.33. The highest BCUT2D eigenvalue weighted by atomic mass is 16.1. The fourth-order valence-corrected chi connectivity index (χ4v) is 2.69. The van der Waals surface area contributed by atoms with E-state index in [1.54, 1.807) is 0 Å². The predicted octanol–water partition coefficient (Wildman–Crippen LogP) is 2.28. The van der Waals surface area contributed by atoms with Crippen LogP contribution in [0.25, 0.3) is 22.5 Å². The van der Waals surface area contributed by atoms with E-state index < -0.39 is 0 Å². The van der Waals surface area contributed by atoms with E-state index >= 15 is 0 Å². The van der Waals surface area contributed by atoms with Gasteiger partial charge in [0.15, 0.2) is 0 Å². The van der Waals surface area contributed by atoms with Gasteiger partial charge in [-0.2, -0.15) is 0 Å². The molecular formula is C17H13N5O. The molecule has 0 saturated carbocycles. The molecule has 112 valence electrons. The van der Waals surface area contributed by atoms with Gasteiger partial charge < -0.3 is 11.1 Å². The van der Waals surface area contributed by atoms with Crippen LogP contribution < -0.4 is 11.1 Å². The molecule has 0 unspecified atom stereocenters. The van der Waals surface area contributed by atoms with Gasteiger partial charge in [-0.3, -0.25) is 4.79 Å². The maximum atomic E-state index is 11.5. The lowest BCUT2D eigenvalue weighted by Gasteiger charge is -2.09. The third-order valence-corrected chi connectivity index (χ3v) is 3.76. The molecule has 0 spiro atoms. The fourth-order valence-electron chi connectivity index (χ4n) is 2.69. The first kappa shape index (κ1) is 13.4. The summed E-state index contributed by atoms with van der Waals surface area (Å²) in [6, 6.07) is 15.4. The van der Waals surface area contributed by atoms with Crippen LogP contribution in [0.15, 0.2) is 48.5 Å². The first-order chi connectivity index (χ1) is 11.2. The molecule has 6 nitrogen and oxygen atoms in total. The number of fused-ring (bicyclic) bond motifs is 1. The summed E-state index contributed by atoms with van der Waals surface area (Å²) in [7, 11) is 0. The van der Waals surface area contributed by atoms with Crippen LogP contribution in [-0.4, -0.2) is 21.1 Å². The standard InChI is InChI=1S/C17H13N5O/c18-17-20-15(10-4-2-1-3-5-10)16(21-22-17)12-7-6-11-9-14(23)19-13(11)8-12/h1-8H,9H2,(H,19,23)(H2,18,20,22). The zero-order valence-corrected chi connectivity index (χ0v) is 12.2. The number of carbonyl (C=O) groups excluding carboxylic acids is 1. The summed E-state index contributed by atoms with van der Waals surface area (Å²) in [5.41, 5.74) is 10.6. The maximum Gasteiger partial charge on any atom is 0.240 e. The third-order valence-electron chi connectivity index (χ3n) is 3.76. The Morgan fingerprint density at radius 1 is 0.957 bits per heavy atom. The second kappa shape index (κ2) is 5.17. The molecule has 2 heterocycles. The molecule has 0 atom stereocenters. The minimum Gasteiger partial charge on any atom is -0.366 e. The highest BCUT2D eigenvalue weighted by Gasteiger charge is 2.20. The number of aromatic nitrogens is 3. The Hall–Kier alpha value is -3.28. The number of rotatable bonds is 2. The van der Waals surface area contributed by atoms with Crippen LogP contribution in [0.4, 0.5) is 11.6 Å². The molecular weight excluding hydrogens is 290 g/mol. The second-order valence-electron chi connectivity index (χ2n) is 5.33. The summed E-state index contributed by atoms with van der Waals surface area (Å²) in [6.45, 7) is 0. The van der Waals surface area contributed by atoms with E-state index in [0.717, 1.165) is 22.4 Å². The summed E-state index contributed by atoms with van der Waals surface area (Å²) in [5, 5.41) is 10.9. The van der Waals surface area contributed by atoms with Crippen molar-refractivity contribution in [1.29, 1.82) is 0 Å². The number of hydrogen-bond donors (Lipinski definition) is 2. The molecule has 4 rings (SSSR count). The molecule has 1 amide bonds. The molecule has 6 heteroatoms. The van der Waals surface area contributed by atoms with Gasteiger partial charge in [-0.25, -0.2) is 4.98 Å². The van der Waals surface area contributed by atoms with Crippen molar-refractivity contribution < 1.29 is 4.79 Å². The molecule has 1 aliphatic heterocycles. The molecule has 2 aromatic carbocycles. The Labute approximate surface area is 132 Å². The zero-order chi connectivity index (χ0) is 15.8. The molecule has 1 aliphatic rings. The van der Waals surface area contributed by atoms with Crippen molar-refractivity contribution in [1.82, 2.24) is 15.2 Å². The number of anilines is 2. The number of benzene rings is 2. The lowest BCUT2D eigenvalue weighted by atomic mass is 10.0. The summed E-state index contributed by atoms with van der Waals surface area (Å²) in [6.07, 6.45) is 0.410. The monoisotopic (exact) mass is 303 g/mol. The van der Waals surface area contributed by atoms with Gasteiger partial charge in [0.2, 0.25) is 11.9 Å². The number of nitrogens with one attached hydrogen (secondary N) is 1. The predicted molar refractivity (Wildman–Crippen MR) is 87.4 cm³/mol. The molecule has 0 aliphatic carbocycles. The van der Waals surface area contributed by atoms with Gasteiger partial charge >= 0.3 is 0 Å². The minimum atomic E-state index is 0.00180. The average molecular weight is 303 g/mol. The third kappa shape index (κ3) is 2.40. The number of amides is 1. The van der Waals surface area contributed by atoms with Crippen LogP contribution in [0.1, 0.15) is 5.56 Å². The smallest absolute Gasteiger partial charge is 0.240 e. The van der Waals surface area contributed by atoms with Crippen molar-refractivity contribution in [2.75, 3.05) is 11.1 Å². The number of carbonyl (C=O) groups is 1. The Bertz CT molecular complexity index is 908. The topological polar surface area (TPSA) is 93.8 Å². The lowest BCUT2D eigenvalue weighted by molar-refractivity contribution is -0.115. The van der Waals surface area contributed by atoms with E-state index in [2.05, 4.69) is 20.5 Å². The van der Waals surface area contributed by atoms with Crippen molar-refractivity contribution in [3.05, 3.63) is 54.1 Å². The Morgan fingerprint density at radius 3 is 2.61 bits per heavy atom. The quantitative estimate of drug-likeness (QED) is 0.757. The molecule has 23 heavy (non-hydrogen) atoms. The highest BCUT2D eigenvalue weighted by molar-refractivity contribution is 6.00. The Kier molecular flexibility index (Phi) is 3.01. The lowest BCUT2D eigenvalue weighted by Crippen LogP contribution is -2.04. The van der Waals surface area contributed by atoms with Crippen LogP contribution in [0.3, 0.4) is 0 Å². The zero-order valence-electron chi connectivity index (χ0n) is 12.2. The van der Waals surface area contributed by atoms with Gasteiger partial charge in [0.05, 0.1) is 6.42 Å². The summed E-state index contributed by atoms with van der Waals surface area (Å²) in [4.78, 5) is 15.9. The average Bonchev–Trinajstić information content (AvgIpc) is 2.94. The van der Waals surface area contributed by atoms with E-state index in [-0.39, 0.29) is 11.9 Å². The Balaban J connectivity index is 1.87. The minimum absolute atomic E-state index is 0.00180. The summed E-state index contributed by atoms with van der Waals surface area (Å²) in [5.74, 6) is 0.129. The van der Waals surface area contributed by atoms with E-state index in [9.17, 15) is 4.79 Å². The number of nitrogens with two attached hydrogens (primary N) is 1. The van der Waals surface area contributed by atoms with Gasteiger partial charge in [-0.1, -0.05) is 42.5 Å². The van der Waals surface area contributed by atoms with E-state index in [1.165, 1.54) is 0 Å². The van der Waals surface area contributed by atoms with Crippen molar-refractivity contribution in [3.63, 3.8) is 0 Å². The normalized spacial score (nSPS) is 12.8. The number of nitrogen functional groups attached to an aromatic ring is 1. The number of hydrogen-bond acceptors (Lipinski definition) is 5. The van der Waals surface area contributed by atoms with Gasteiger partial charge in [0.25, 0.3) is 0 Å².